The first-order chi connectivity index (χ1) is 8.72. The van der Waals surface area contributed by atoms with E-state index in [1.165, 1.54) is 36.8 Å². The average Bonchev–Trinajstić information content (AvgIpc) is 2.40. The van der Waals surface area contributed by atoms with Crippen molar-refractivity contribution in [3.8, 4) is 0 Å². The Labute approximate surface area is 111 Å². The van der Waals surface area contributed by atoms with Gasteiger partial charge in [-0.25, -0.2) is 0 Å². The molecule has 0 saturated carbocycles. The van der Waals surface area contributed by atoms with Gasteiger partial charge < -0.3 is 0 Å². The Morgan fingerprint density at radius 2 is 2.17 bits per heavy atom. The Balaban J connectivity index is 2.68. The molecular weight excluding hydrogens is 222 g/mol. The van der Waals surface area contributed by atoms with Crippen LogP contribution in [0.5, 0.6) is 0 Å². The van der Waals surface area contributed by atoms with Gasteiger partial charge in [0.15, 0.2) is 0 Å². The van der Waals surface area contributed by atoms with Gasteiger partial charge in [-0.15, -0.1) is 0 Å². The number of hydrogen-bond donors (Lipinski definition) is 2. The maximum atomic E-state index is 5.73. The zero-order chi connectivity index (χ0) is 13.4. The van der Waals surface area contributed by atoms with Crippen molar-refractivity contribution >= 4 is 0 Å². The molecule has 0 spiro atoms. The Morgan fingerprint density at radius 1 is 1.39 bits per heavy atom. The quantitative estimate of drug-likeness (QED) is 0.547. The first kappa shape index (κ1) is 15.1. The summed E-state index contributed by atoms with van der Waals surface area (Å²) in [4.78, 5) is 4.14. The molecule has 0 aliphatic carbocycles. The Bertz CT molecular complexity index is 338. The molecule has 0 aromatic carbocycles. The number of nitrogens with two attached hydrogens (primary N) is 1. The fourth-order valence-electron chi connectivity index (χ4n) is 2.47. The maximum Gasteiger partial charge on any atom is 0.0466 e. The predicted octanol–water partition coefficient (Wildman–Crippen LogP) is 3.50. The second kappa shape index (κ2) is 8.22. The number of hydrogen-bond acceptors (Lipinski definition) is 3. The van der Waals surface area contributed by atoms with Gasteiger partial charge in [-0.05, 0) is 36.5 Å². The van der Waals surface area contributed by atoms with Gasteiger partial charge >= 0.3 is 0 Å². The highest BCUT2D eigenvalue weighted by atomic mass is 15.2. The van der Waals surface area contributed by atoms with Crippen LogP contribution < -0.4 is 11.3 Å². The van der Waals surface area contributed by atoms with E-state index >= 15 is 0 Å². The van der Waals surface area contributed by atoms with Crippen molar-refractivity contribution < 1.29 is 0 Å². The fraction of sp³-hybridized carbons (Fsp3) is 0.667. The summed E-state index contributed by atoms with van der Waals surface area (Å²) in [6, 6.07) is 2.32. The third-order valence-electron chi connectivity index (χ3n) is 3.75. The lowest BCUT2D eigenvalue weighted by molar-refractivity contribution is 0.355. The van der Waals surface area contributed by atoms with E-state index in [1.54, 1.807) is 0 Å². The first-order valence-corrected chi connectivity index (χ1v) is 7.09. The summed E-state index contributed by atoms with van der Waals surface area (Å²) in [7, 11) is 0. The van der Waals surface area contributed by atoms with Gasteiger partial charge in [0.25, 0.3) is 0 Å². The molecule has 3 N–H and O–H groups in total. The molecule has 0 fully saturated rings. The van der Waals surface area contributed by atoms with E-state index < -0.39 is 0 Å². The molecule has 0 amide bonds. The van der Waals surface area contributed by atoms with Crippen molar-refractivity contribution in [1.29, 1.82) is 0 Å². The van der Waals surface area contributed by atoms with E-state index in [9.17, 15) is 0 Å². The predicted molar refractivity (Wildman–Crippen MR) is 77.0 cm³/mol. The number of pyridine rings is 1. The smallest absolute Gasteiger partial charge is 0.0466 e. The van der Waals surface area contributed by atoms with E-state index in [2.05, 4.69) is 37.2 Å². The molecule has 0 aliphatic heterocycles. The van der Waals surface area contributed by atoms with Gasteiger partial charge in [-0.1, -0.05) is 39.5 Å². The van der Waals surface area contributed by atoms with Crippen LogP contribution in [0, 0.1) is 12.8 Å². The molecule has 2 unspecified atom stereocenters. The molecule has 0 aliphatic rings. The van der Waals surface area contributed by atoms with Gasteiger partial charge in [-0.2, -0.15) is 0 Å². The molecule has 1 heterocycles. The summed E-state index contributed by atoms with van der Waals surface area (Å²) in [5.74, 6) is 6.48. The van der Waals surface area contributed by atoms with Crippen LogP contribution >= 0.6 is 0 Å². The van der Waals surface area contributed by atoms with Crippen LogP contribution in [0.25, 0.3) is 0 Å². The summed E-state index contributed by atoms with van der Waals surface area (Å²) < 4.78 is 0. The van der Waals surface area contributed by atoms with Crippen LogP contribution in [-0.4, -0.2) is 4.98 Å². The third-order valence-corrected chi connectivity index (χ3v) is 3.75. The molecule has 0 radical (unpaired) electrons. The van der Waals surface area contributed by atoms with Crippen LogP contribution in [-0.2, 0) is 0 Å². The van der Waals surface area contributed by atoms with Crippen LogP contribution in [0.3, 0.4) is 0 Å². The average molecular weight is 249 g/mol. The van der Waals surface area contributed by atoms with E-state index in [0.717, 1.165) is 12.3 Å². The highest BCUT2D eigenvalue weighted by Crippen LogP contribution is 2.27. The molecule has 1 aromatic heterocycles. The third kappa shape index (κ3) is 4.39. The van der Waals surface area contributed by atoms with Gasteiger partial charge in [0.2, 0.25) is 0 Å². The fourth-order valence-corrected chi connectivity index (χ4v) is 2.47. The van der Waals surface area contributed by atoms with Crippen molar-refractivity contribution in [3.05, 3.63) is 29.6 Å². The summed E-state index contributed by atoms with van der Waals surface area (Å²) in [5.41, 5.74) is 5.47. The highest BCUT2D eigenvalue weighted by molar-refractivity contribution is 5.25. The van der Waals surface area contributed by atoms with Crippen molar-refractivity contribution in [2.24, 2.45) is 11.8 Å². The Hall–Kier alpha value is -0.930. The second-order valence-corrected chi connectivity index (χ2v) is 5.10. The Morgan fingerprint density at radius 3 is 2.72 bits per heavy atom. The largest absolute Gasteiger partial charge is 0.271 e. The molecule has 102 valence electrons. The molecule has 3 nitrogen and oxygen atoms in total. The summed E-state index contributed by atoms with van der Waals surface area (Å²) in [5, 5.41) is 0. The van der Waals surface area contributed by atoms with E-state index in [-0.39, 0.29) is 6.04 Å². The summed E-state index contributed by atoms with van der Waals surface area (Å²) >= 11 is 0. The highest BCUT2D eigenvalue weighted by Gasteiger charge is 2.17. The molecular formula is C15H27N3. The number of rotatable bonds is 8. The number of aromatic nitrogens is 1. The van der Waals surface area contributed by atoms with Gasteiger partial charge in [-0.3, -0.25) is 16.3 Å². The number of aryl methyl sites for hydroxylation is 1. The van der Waals surface area contributed by atoms with Crippen LogP contribution in [0.1, 0.15) is 63.1 Å². The van der Waals surface area contributed by atoms with Gasteiger partial charge in [0.1, 0.15) is 0 Å². The summed E-state index contributed by atoms with van der Waals surface area (Å²) in [6.45, 7) is 6.62. The second-order valence-electron chi connectivity index (χ2n) is 5.10. The topological polar surface area (TPSA) is 50.9 Å². The monoisotopic (exact) mass is 249 g/mol. The van der Waals surface area contributed by atoms with E-state index in [1.807, 2.05) is 12.4 Å². The number of nitrogens with zero attached hydrogens (tertiary/aromatic N) is 1. The lowest BCUT2D eigenvalue weighted by atomic mass is 9.88. The normalized spacial score (nSPS) is 14.4. The SMILES string of the molecule is CCCCC(CC)CC(NN)c1ccncc1C. The Kier molecular flexibility index (Phi) is 6.91. The van der Waals surface area contributed by atoms with Gasteiger partial charge in [0, 0.05) is 18.4 Å². The maximum absolute atomic E-state index is 5.73. The molecule has 18 heavy (non-hydrogen) atoms. The van der Waals surface area contributed by atoms with Crippen LogP contribution in [0.4, 0.5) is 0 Å². The molecule has 0 saturated heterocycles. The molecule has 2 atom stereocenters. The van der Waals surface area contributed by atoms with Crippen LogP contribution in [0.2, 0.25) is 0 Å². The van der Waals surface area contributed by atoms with Gasteiger partial charge in [0.05, 0.1) is 0 Å². The zero-order valence-corrected chi connectivity index (χ0v) is 11.9. The zero-order valence-electron chi connectivity index (χ0n) is 11.9. The van der Waals surface area contributed by atoms with Crippen molar-refractivity contribution in [1.82, 2.24) is 10.4 Å². The molecule has 0 bridgehead atoms. The van der Waals surface area contributed by atoms with Crippen molar-refractivity contribution in [2.75, 3.05) is 0 Å². The number of nitrogens with one attached hydrogen (secondary N) is 1. The lowest BCUT2D eigenvalue weighted by Gasteiger charge is -2.23. The molecule has 1 rings (SSSR count). The number of hydrazine groups is 1. The van der Waals surface area contributed by atoms with Crippen molar-refractivity contribution in [2.45, 2.75) is 58.9 Å². The van der Waals surface area contributed by atoms with Crippen molar-refractivity contribution in [3.63, 3.8) is 0 Å². The summed E-state index contributed by atoms with van der Waals surface area (Å²) in [6.07, 6.45) is 9.97. The first-order valence-electron chi connectivity index (χ1n) is 7.09. The minimum atomic E-state index is 0.245. The number of unbranched alkanes of at least 4 members (excludes halogenated alkanes) is 1. The van der Waals surface area contributed by atoms with E-state index in [4.69, 9.17) is 5.84 Å². The lowest BCUT2D eigenvalue weighted by Crippen LogP contribution is -2.30. The standard InChI is InChI=1S/C15H27N3/c1-4-6-7-13(5-2)10-15(18-16)14-8-9-17-11-12(14)3/h8-9,11,13,15,18H,4-7,10,16H2,1-3H3. The minimum Gasteiger partial charge on any atom is -0.271 e. The molecule has 3 heteroatoms. The minimum absolute atomic E-state index is 0.245. The van der Waals surface area contributed by atoms with Crippen LogP contribution in [0.15, 0.2) is 18.5 Å². The van der Waals surface area contributed by atoms with E-state index in [0.29, 0.717) is 0 Å². The molecule has 1 aromatic rings.